The maximum absolute atomic E-state index is 13.0. The van der Waals surface area contributed by atoms with Gasteiger partial charge in [0.05, 0.1) is 12.0 Å². The van der Waals surface area contributed by atoms with Crippen LogP contribution in [0.4, 0.5) is 4.79 Å². The van der Waals surface area contributed by atoms with Crippen molar-refractivity contribution in [1.82, 2.24) is 19.9 Å². The first-order chi connectivity index (χ1) is 14.0. The number of piperidine rings is 1. The van der Waals surface area contributed by atoms with Crippen molar-refractivity contribution in [3.05, 3.63) is 53.7 Å². The third-order valence-electron chi connectivity index (χ3n) is 4.83. The molecule has 0 saturated carbocycles. The molecule has 1 fully saturated rings. The summed E-state index contributed by atoms with van der Waals surface area (Å²) in [6.07, 6.45) is 4.42. The van der Waals surface area contributed by atoms with Crippen LogP contribution < -0.4 is 15.4 Å². The summed E-state index contributed by atoms with van der Waals surface area (Å²) in [5, 5.41) is 5.46. The quantitative estimate of drug-likeness (QED) is 0.718. The van der Waals surface area contributed by atoms with Crippen LogP contribution in [-0.4, -0.2) is 43.9 Å². The molecule has 29 heavy (non-hydrogen) atoms. The zero-order valence-corrected chi connectivity index (χ0v) is 17.2. The van der Waals surface area contributed by atoms with Crippen molar-refractivity contribution in [2.24, 2.45) is 0 Å². The molecule has 1 aliphatic rings. The molecule has 2 aromatic rings. The first kappa shape index (κ1) is 21.1. The van der Waals surface area contributed by atoms with E-state index in [-0.39, 0.29) is 18.0 Å². The number of rotatable bonds is 7. The first-order valence-electron chi connectivity index (χ1n) is 9.60. The number of amides is 2. The number of aromatic nitrogens is 1. The van der Waals surface area contributed by atoms with Gasteiger partial charge in [-0.05, 0) is 30.5 Å². The van der Waals surface area contributed by atoms with Crippen LogP contribution in [0.5, 0.6) is 5.88 Å². The second kappa shape index (κ2) is 9.71. The van der Waals surface area contributed by atoms with Crippen LogP contribution in [0.3, 0.4) is 0 Å². The van der Waals surface area contributed by atoms with Crippen molar-refractivity contribution in [2.45, 2.75) is 37.2 Å². The van der Waals surface area contributed by atoms with E-state index in [1.165, 1.54) is 11.4 Å². The third-order valence-corrected chi connectivity index (χ3v) is 6.83. The maximum Gasteiger partial charge on any atom is 0.315 e. The number of hydrogen-bond donors (Lipinski definition) is 2. The minimum Gasteiger partial charge on any atom is -0.481 e. The molecule has 2 amide bonds. The third kappa shape index (κ3) is 5.24. The van der Waals surface area contributed by atoms with Crippen LogP contribution in [0, 0.1) is 0 Å². The molecule has 0 unspecified atom stereocenters. The fraction of sp³-hybridized carbons (Fsp3) is 0.400. The van der Waals surface area contributed by atoms with Crippen LogP contribution in [0.2, 0.25) is 0 Å². The highest BCUT2D eigenvalue weighted by Gasteiger charge is 2.27. The normalized spacial score (nSPS) is 14.9. The Morgan fingerprint density at radius 2 is 1.69 bits per heavy atom. The Hall–Kier alpha value is -2.65. The lowest BCUT2D eigenvalue weighted by Gasteiger charge is -2.26. The van der Waals surface area contributed by atoms with Gasteiger partial charge in [-0.25, -0.2) is 18.2 Å². The van der Waals surface area contributed by atoms with E-state index in [9.17, 15) is 13.2 Å². The highest BCUT2D eigenvalue weighted by molar-refractivity contribution is 7.89. The zero-order valence-electron chi connectivity index (χ0n) is 16.4. The Labute approximate surface area is 171 Å². The lowest BCUT2D eigenvalue weighted by atomic mass is 10.2. The van der Waals surface area contributed by atoms with Gasteiger partial charge < -0.3 is 15.4 Å². The number of benzene rings is 1. The van der Waals surface area contributed by atoms with E-state index in [4.69, 9.17) is 4.74 Å². The molecule has 1 saturated heterocycles. The second-order valence-corrected chi connectivity index (χ2v) is 8.69. The largest absolute Gasteiger partial charge is 0.481 e. The van der Waals surface area contributed by atoms with Gasteiger partial charge in [0, 0.05) is 37.9 Å². The number of nitrogens with zero attached hydrogens (tertiary/aromatic N) is 2. The predicted molar refractivity (Wildman–Crippen MR) is 109 cm³/mol. The molecule has 0 radical (unpaired) electrons. The van der Waals surface area contributed by atoms with E-state index < -0.39 is 16.1 Å². The number of urea groups is 1. The molecule has 1 aromatic heterocycles. The SMILES string of the molecule is COc1ncccc1CNC(=O)NCc1ccccc1S(=O)(=O)N1CCCCC1. The fourth-order valence-corrected chi connectivity index (χ4v) is 5.04. The highest BCUT2D eigenvalue weighted by Crippen LogP contribution is 2.23. The van der Waals surface area contributed by atoms with Crippen molar-refractivity contribution < 1.29 is 17.9 Å². The molecule has 0 atom stereocenters. The summed E-state index contributed by atoms with van der Waals surface area (Å²) >= 11 is 0. The fourth-order valence-electron chi connectivity index (χ4n) is 3.30. The van der Waals surface area contributed by atoms with Crippen molar-refractivity contribution in [3.63, 3.8) is 0 Å². The van der Waals surface area contributed by atoms with Crippen molar-refractivity contribution in [1.29, 1.82) is 0 Å². The number of ether oxygens (including phenoxy) is 1. The summed E-state index contributed by atoms with van der Waals surface area (Å²) in [5.74, 6) is 0.450. The van der Waals surface area contributed by atoms with Gasteiger partial charge in [0.1, 0.15) is 0 Å². The second-order valence-electron chi connectivity index (χ2n) is 6.78. The highest BCUT2D eigenvalue weighted by atomic mass is 32.2. The van der Waals surface area contributed by atoms with E-state index in [0.29, 0.717) is 24.5 Å². The van der Waals surface area contributed by atoms with Gasteiger partial charge in [0.25, 0.3) is 0 Å². The Balaban J connectivity index is 1.63. The van der Waals surface area contributed by atoms with Crippen LogP contribution in [0.15, 0.2) is 47.5 Å². The number of hydrogen-bond acceptors (Lipinski definition) is 5. The molecule has 9 heteroatoms. The Kier molecular flexibility index (Phi) is 7.05. The van der Waals surface area contributed by atoms with Crippen molar-refractivity contribution in [3.8, 4) is 5.88 Å². The molecule has 2 heterocycles. The van der Waals surface area contributed by atoms with E-state index in [1.807, 2.05) is 6.07 Å². The molecule has 3 rings (SSSR count). The standard InChI is InChI=1S/C20H26N4O4S/c1-28-19-17(9-7-11-21-19)15-23-20(25)22-14-16-8-3-4-10-18(16)29(26,27)24-12-5-2-6-13-24/h3-4,7-11H,2,5-6,12-15H2,1H3,(H2,22,23,25). The van der Waals surface area contributed by atoms with Crippen molar-refractivity contribution >= 4 is 16.1 Å². The summed E-state index contributed by atoms with van der Waals surface area (Å²) in [6.45, 7) is 1.44. The molecule has 0 bridgehead atoms. The van der Waals surface area contributed by atoms with Gasteiger partial charge in [-0.15, -0.1) is 0 Å². The minimum atomic E-state index is -3.57. The average molecular weight is 419 g/mol. The van der Waals surface area contributed by atoms with Crippen LogP contribution in [0.25, 0.3) is 0 Å². The van der Waals surface area contributed by atoms with Gasteiger partial charge in [-0.1, -0.05) is 30.7 Å². The molecule has 1 aromatic carbocycles. The zero-order chi connectivity index (χ0) is 20.7. The van der Waals surface area contributed by atoms with Gasteiger partial charge in [-0.2, -0.15) is 4.31 Å². The lowest BCUT2D eigenvalue weighted by molar-refractivity contribution is 0.240. The summed E-state index contributed by atoms with van der Waals surface area (Å²) < 4.78 is 32.7. The van der Waals surface area contributed by atoms with E-state index >= 15 is 0 Å². The van der Waals surface area contributed by atoms with Crippen molar-refractivity contribution in [2.75, 3.05) is 20.2 Å². The van der Waals surface area contributed by atoms with Crippen LogP contribution in [-0.2, 0) is 23.1 Å². The summed E-state index contributed by atoms with van der Waals surface area (Å²) in [5.41, 5.74) is 1.31. The number of sulfonamides is 1. The topological polar surface area (TPSA) is 101 Å². The monoisotopic (exact) mass is 418 g/mol. The number of pyridine rings is 1. The Morgan fingerprint density at radius 3 is 2.41 bits per heavy atom. The van der Waals surface area contributed by atoms with E-state index in [0.717, 1.165) is 24.8 Å². The molecule has 1 aliphatic heterocycles. The van der Waals surface area contributed by atoms with Gasteiger partial charge in [0.15, 0.2) is 0 Å². The number of carbonyl (C=O) groups is 1. The Morgan fingerprint density at radius 1 is 1.03 bits per heavy atom. The maximum atomic E-state index is 13.0. The minimum absolute atomic E-state index is 0.110. The van der Waals surface area contributed by atoms with E-state index in [2.05, 4.69) is 15.6 Å². The summed E-state index contributed by atoms with van der Waals surface area (Å²) in [4.78, 5) is 16.5. The molecule has 156 valence electrons. The number of methoxy groups -OCH3 is 1. The smallest absolute Gasteiger partial charge is 0.315 e. The predicted octanol–water partition coefficient (Wildman–Crippen LogP) is 2.26. The average Bonchev–Trinajstić information content (AvgIpc) is 2.77. The van der Waals surface area contributed by atoms with E-state index in [1.54, 1.807) is 36.5 Å². The van der Waals surface area contributed by atoms with Gasteiger partial charge in [0.2, 0.25) is 15.9 Å². The molecule has 0 spiro atoms. The van der Waals surface area contributed by atoms with Gasteiger partial charge >= 0.3 is 6.03 Å². The van der Waals surface area contributed by atoms with Crippen LogP contribution >= 0.6 is 0 Å². The summed E-state index contributed by atoms with van der Waals surface area (Å²) in [6, 6.07) is 9.97. The lowest BCUT2D eigenvalue weighted by Crippen LogP contribution is -2.37. The number of nitrogens with one attached hydrogen (secondary N) is 2. The molecular weight excluding hydrogens is 392 g/mol. The molecular formula is C20H26N4O4S. The first-order valence-corrected chi connectivity index (χ1v) is 11.0. The molecule has 8 nitrogen and oxygen atoms in total. The van der Waals surface area contributed by atoms with Crippen LogP contribution in [0.1, 0.15) is 30.4 Å². The molecule has 2 N–H and O–H groups in total. The molecule has 0 aliphatic carbocycles. The Bertz CT molecular complexity index is 943. The number of carbonyl (C=O) groups excluding carboxylic acids is 1. The van der Waals surface area contributed by atoms with Gasteiger partial charge in [-0.3, -0.25) is 0 Å². The summed E-state index contributed by atoms with van der Waals surface area (Å²) in [7, 11) is -2.05.